The van der Waals surface area contributed by atoms with E-state index in [9.17, 15) is 13.6 Å². The first-order valence-electron chi connectivity index (χ1n) is 7.27. The van der Waals surface area contributed by atoms with E-state index >= 15 is 0 Å². The second kappa shape index (κ2) is 5.87. The molecule has 22 heavy (non-hydrogen) atoms. The molecule has 1 heterocycles. The molecule has 1 aliphatic rings. The average Bonchev–Trinajstić information content (AvgIpc) is 3.27. The summed E-state index contributed by atoms with van der Waals surface area (Å²) in [6.07, 6.45) is -0.949. The number of hydrogen-bond donors (Lipinski definition) is 0. The van der Waals surface area contributed by atoms with Gasteiger partial charge in [-0.2, -0.15) is 5.10 Å². The van der Waals surface area contributed by atoms with Crippen LogP contribution in [0.5, 0.6) is 0 Å². The number of carbonyl (C=O) groups excluding carboxylic acids is 1. The number of nitrogens with zero attached hydrogens (tertiary/aromatic N) is 3. The molecule has 1 aromatic carbocycles. The number of carbonyl (C=O) groups is 1. The van der Waals surface area contributed by atoms with E-state index in [1.807, 2.05) is 37.3 Å². The molecule has 1 amide bonds. The number of rotatable bonds is 5. The average molecular weight is 305 g/mol. The molecule has 4 nitrogen and oxygen atoms in total. The van der Waals surface area contributed by atoms with Gasteiger partial charge >= 0.3 is 0 Å². The molecule has 0 atom stereocenters. The zero-order valence-electron chi connectivity index (χ0n) is 12.2. The van der Waals surface area contributed by atoms with E-state index < -0.39 is 18.9 Å². The van der Waals surface area contributed by atoms with Crippen molar-refractivity contribution in [2.24, 2.45) is 0 Å². The van der Waals surface area contributed by atoms with E-state index in [1.54, 1.807) is 10.7 Å². The van der Waals surface area contributed by atoms with Crippen molar-refractivity contribution in [3.63, 3.8) is 0 Å². The molecule has 0 unspecified atom stereocenters. The van der Waals surface area contributed by atoms with Crippen LogP contribution in [0.3, 0.4) is 0 Å². The van der Waals surface area contributed by atoms with Crippen LogP contribution in [0.25, 0.3) is 5.69 Å². The molecule has 3 rings (SSSR count). The summed E-state index contributed by atoms with van der Waals surface area (Å²) in [4.78, 5) is 13.7. The summed E-state index contributed by atoms with van der Waals surface area (Å²) in [6, 6.07) is 11.0. The summed E-state index contributed by atoms with van der Waals surface area (Å²) < 4.78 is 27.0. The van der Waals surface area contributed by atoms with E-state index in [1.165, 1.54) is 4.90 Å². The Labute approximate surface area is 127 Å². The highest BCUT2D eigenvalue weighted by Crippen LogP contribution is 2.29. The van der Waals surface area contributed by atoms with Crippen LogP contribution in [0.4, 0.5) is 8.78 Å². The third-order valence-corrected chi connectivity index (χ3v) is 3.69. The summed E-state index contributed by atoms with van der Waals surface area (Å²) in [5.41, 5.74) is 1.85. The zero-order chi connectivity index (χ0) is 15.7. The second-order valence-corrected chi connectivity index (χ2v) is 5.50. The van der Waals surface area contributed by atoms with Gasteiger partial charge in [0.1, 0.15) is 0 Å². The van der Waals surface area contributed by atoms with Gasteiger partial charge in [0.15, 0.2) is 5.69 Å². The van der Waals surface area contributed by atoms with Crippen molar-refractivity contribution in [3.05, 3.63) is 47.8 Å². The standard InChI is InChI=1S/C16H17F2N3O/c1-11-9-14(19-21(11)13-5-3-2-4-6-13)16(22)20(10-15(17)18)12-7-8-12/h2-6,9,12,15H,7-8,10H2,1H3. The normalized spacial score (nSPS) is 14.4. The van der Waals surface area contributed by atoms with Gasteiger partial charge in [-0.3, -0.25) is 4.79 Å². The van der Waals surface area contributed by atoms with E-state index in [0.29, 0.717) is 0 Å². The molecule has 1 aliphatic carbocycles. The van der Waals surface area contributed by atoms with Crippen LogP contribution >= 0.6 is 0 Å². The van der Waals surface area contributed by atoms with Crippen LogP contribution in [0.2, 0.25) is 0 Å². The summed E-state index contributed by atoms with van der Waals surface area (Å²) in [5.74, 6) is -0.416. The molecular formula is C16H17F2N3O. The SMILES string of the molecule is Cc1cc(C(=O)N(CC(F)F)C2CC2)nn1-c1ccccc1. The van der Waals surface area contributed by atoms with Crippen molar-refractivity contribution in [1.82, 2.24) is 14.7 Å². The van der Waals surface area contributed by atoms with Gasteiger partial charge in [0, 0.05) is 11.7 Å². The monoisotopic (exact) mass is 305 g/mol. The number of amides is 1. The summed E-state index contributed by atoms with van der Waals surface area (Å²) in [7, 11) is 0. The van der Waals surface area contributed by atoms with Crippen molar-refractivity contribution < 1.29 is 13.6 Å². The number of para-hydroxylation sites is 1. The third-order valence-electron chi connectivity index (χ3n) is 3.69. The van der Waals surface area contributed by atoms with Crippen molar-refractivity contribution in [3.8, 4) is 5.69 Å². The third kappa shape index (κ3) is 3.00. The molecule has 0 bridgehead atoms. The second-order valence-electron chi connectivity index (χ2n) is 5.50. The highest BCUT2D eigenvalue weighted by molar-refractivity contribution is 5.93. The molecule has 0 aliphatic heterocycles. The molecule has 0 saturated heterocycles. The predicted octanol–water partition coefficient (Wildman–Crippen LogP) is 3.05. The van der Waals surface area contributed by atoms with E-state index in [2.05, 4.69) is 5.10 Å². The maximum atomic E-state index is 12.7. The maximum absolute atomic E-state index is 12.7. The molecule has 1 saturated carbocycles. The van der Waals surface area contributed by atoms with Gasteiger partial charge in [0.25, 0.3) is 12.3 Å². The van der Waals surface area contributed by atoms with Crippen LogP contribution in [0.15, 0.2) is 36.4 Å². The summed E-state index contributed by atoms with van der Waals surface area (Å²) >= 11 is 0. The summed E-state index contributed by atoms with van der Waals surface area (Å²) in [5, 5.41) is 4.30. The first-order chi connectivity index (χ1) is 10.6. The Bertz CT molecular complexity index is 665. The highest BCUT2D eigenvalue weighted by atomic mass is 19.3. The summed E-state index contributed by atoms with van der Waals surface area (Å²) in [6.45, 7) is 1.31. The highest BCUT2D eigenvalue weighted by Gasteiger charge is 2.35. The maximum Gasteiger partial charge on any atom is 0.274 e. The fourth-order valence-corrected chi connectivity index (χ4v) is 2.49. The lowest BCUT2D eigenvalue weighted by Gasteiger charge is -2.20. The number of benzene rings is 1. The fraction of sp³-hybridized carbons (Fsp3) is 0.375. The fourth-order valence-electron chi connectivity index (χ4n) is 2.49. The van der Waals surface area contributed by atoms with Crippen molar-refractivity contribution in [1.29, 1.82) is 0 Å². The lowest BCUT2D eigenvalue weighted by Crippen LogP contribution is -2.37. The van der Waals surface area contributed by atoms with Gasteiger partial charge < -0.3 is 4.90 Å². The molecule has 1 aromatic heterocycles. The van der Waals surface area contributed by atoms with Crippen molar-refractivity contribution >= 4 is 5.91 Å². The molecule has 116 valence electrons. The van der Waals surface area contributed by atoms with Gasteiger partial charge in [-0.25, -0.2) is 13.5 Å². The van der Waals surface area contributed by atoms with Gasteiger partial charge in [0.2, 0.25) is 0 Å². The topological polar surface area (TPSA) is 38.1 Å². The molecule has 1 fully saturated rings. The number of alkyl halides is 2. The molecule has 2 aromatic rings. The van der Waals surface area contributed by atoms with E-state index in [0.717, 1.165) is 24.2 Å². The molecular weight excluding hydrogens is 288 g/mol. The quantitative estimate of drug-likeness (QED) is 0.851. The number of aromatic nitrogens is 2. The van der Waals surface area contributed by atoms with Gasteiger partial charge in [-0.15, -0.1) is 0 Å². The predicted molar refractivity (Wildman–Crippen MR) is 78.4 cm³/mol. The minimum Gasteiger partial charge on any atom is -0.329 e. The number of hydrogen-bond acceptors (Lipinski definition) is 2. The van der Waals surface area contributed by atoms with Crippen LogP contribution in [-0.4, -0.2) is 39.6 Å². The lowest BCUT2D eigenvalue weighted by molar-refractivity contribution is 0.0529. The Morgan fingerprint density at radius 1 is 1.36 bits per heavy atom. The number of aryl methyl sites for hydroxylation is 1. The Morgan fingerprint density at radius 2 is 2.05 bits per heavy atom. The first-order valence-corrected chi connectivity index (χ1v) is 7.27. The van der Waals surface area contributed by atoms with Gasteiger partial charge in [-0.1, -0.05) is 18.2 Å². The largest absolute Gasteiger partial charge is 0.329 e. The molecule has 0 spiro atoms. The van der Waals surface area contributed by atoms with Gasteiger partial charge in [-0.05, 0) is 38.0 Å². The Hall–Kier alpha value is -2.24. The van der Waals surface area contributed by atoms with E-state index in [4.69, 9.17) is 0 Å². The van der Waals surface area contributed by atoms with Crippen molar-refractivity contribution in [2.75, 3.05) is 6.54 Å². The smallest absolute Gasteiger partial charge is 0.274 e. The zero-order valence-corrected chi connectivity index (χ0v) is 12.2. The molecule has 6 heteroatoms. The van der Waals surface area contributed by atoms with Gasteiger partial charge in [0.05, 0.1) is 12.2 Å². The lowest BCUT2D eigenvalue weighted by atomic mass is 10.3. The van der Waals surface area contributed by atoms with Crippen LogP contribution in [-0.2, 0) is 0 Å². The minimum absolute atomic E-state index is 0.0660. The Balaban J connectivity index is 1.87. The van der Waals surface area contributed by atoms with Crippen molar-refractivity contribution in [2.45, 2.75) is 32.2 Å². The first kappa shape index (κ1) is 14.7. The van der Waals surface area contributed by atoms with Crippen LogP contribution in [0, 0.1) is 6.92 Å². The molecule has 0 N–H and O–H groups in total. The number of halogens is 2. The minimum atomic E-state index is -2.53. The van der Waals surface area contributed by atoms with E-state index in [-0.39, 0.29) is 11.7 Å². The Kier molecular flexibility index (Phi) is 3.92. The molecule has 0 radical (unpaired) electrons. The van der Waals surface area contributed by atoms with Crippen LogP contribution < -0.4 is 0 Å². The Morgan fingerprint density at radius 3 is 2.64 bits per heavy atom. The van der Waals surface area contributed by atoms with Crippen LogP contribution in [0.1, 0.15) is 29.0 Å².